The molecule has 0 aliphatic carbocycles. The molecule has 6 heteroatoms. The van der Waals surface area contributed by atoms with E-state index in [4.69, 9.17) is 9.72 Å². The molecule has 2 aliphatic heterocycles. The summed E-state index contributed by atoms with van der Waals surface area (Å²) in [5.41, 5.74) is 3.86. The van der Waals surface area contributed by atoms with Gasteiger partial charge in [0.2, 0.25) is 5.13 Å². The molecule has 0 atom stereocenters. The van der Waals surface area contributed by atoms with Crippen LogP contribution in [0, 0.1) is 0 Å². The summed E-state index contributed by atoms with van der Waals surface area (Å²) in [5.74, 6) is 0.663. The number of hydrogen-bond donors (Lipinski definition) is 1. The van der Waals surface area contributed by atoms with Crippen molar-refractivity contribution in [2.24, 2.45) is 4.99 Å². The van der Waals surface area contributed by atoms with Crippen molar-refractivity contribution in [3.8, 4) is 17.0 Å². The fourth-order valence-electron chi connectivity index (χ4n) is 3.73. The zero-order valence-electron chi connectivity index (χ0n) is 14.6. The first kappa shape index (κ1) is 15.5. The molecule has 2 aliphatic rings. The van der Waals surface area contributed by atoms with Crippen LogP contribution in [0.4, 0.5) is 10.8 Å². The predicted molar refractivity (Wildman–Crippen MR) is 111 cm³/mol. The molecule has 1 aromatic heterocycles. The topological polar surface area (TPSA) is 63.6 Å². The Bertz CT molecular complexity index is 1320. The lowest BCUT2D eigenvalue weighted by atomic mass is 10.0. The number of nitrogens with zero attached hydrogens (tertiary/aromatic N) is 2. The highest BCUT2D eigenvalue weighted by atomic mass is 32.1. The highest BCUT2D eigenvalue weighted by molar-refractivity contribution is 7.15. The quantitative estimate of drug-likeness (QED) is 0.507. The number of carbonyl (C=O) groups is 1. The molecule has 0 bridgehead atoms. The van der Waals surface area contributed by atoms with Gasteiger partial charge in [-0.1, -0.05) is 59.9 Å². The Hall–Kier alpha value is -3.51. The van der Waals surface area contributed by atoms with Crippen molar-refractivity contribution in [3.63, 3.8) is 0 Å². The van der Waals surface area contributed by atoms with Gasteiger partial charge in [0, 0.05) is 16.5 Å². The summed E-state index contributed by atoms with van der Waals surface area (Å²) in [5, 5.41) is 5.63. The lowest BCUT2D eigenvalue weighted by Crippen LogP contribution is -2.13. The lowest BCUT2D eigenvalue weighted by molar-refractivity contribution is -0.110. The van der Waals surface area contributed by atoms with Gasteiger partial charge in [-0.25, -0.2) is 9.98 Å². The second kappa shape index (κ2) is 5.74. The number of para-hydroxylation sites is 1. The molecule has 0 saturated heterocycles. The van der Waals surface area contributed by atoms with Crippen LogP contribution in [0.5, 0.6) is 5.75 Å². The lowest BCUT2D eigenvalue weighted by Gasteiger charge is -2.18. The number of fused-ring (bicyclic) bond motifs is 6. The van der Waals surface area contributed by atoms with Crippen LogP contribution < -0.4 is 10.1 Å². The molecule has 1 N–H and O–H groups in total. The van der Waals surface area contributed by atoms with E-state index in [1.807, 2.05) is 42.5 Å². The number of amides is 1. The second-order valence-corrected chi connectivity index (χ2v) is 7.74. The van der Waals surface area contributed by atoms with E-state index >= 15 is 0 Å². The Kier molecular flexibility index (Phi) is 3.19. The third-order valence-corrected chi connectivity index (χ3v) is 5.94. The zero-order valence-corrected chi connectivity index (χ0v) is 15.4. The summed E-state index contributed by atoms with van der Waals surface area (Å²) < 4.78 is 6.07. The van der Waals surface area contributed by atoms with Crippen LogP contribution in [0.1, 0.15) is 10.4 Å². The molecule has 0 radical (unpaired) electrons. The number of ether oxygens (including phenoxy) is 1. The van der Waals surface area contributed by atoms with Crippen LogP contribution >= 0.6 is 11.3 Å². The number of benzene rings is 3. The molecule has 6 rings (SSSR count). The van der Waals surface area contributed by atoms with Gasteiger partial charge in [0.05, 0.1) is 16.3 Å². The highest BCUT2D eigenvalue weighted by Crippen LogP contribution is 2.45. The van der Waals surface area contributed by atoms with Crippen LogP contribution in [0.15, 0.2) is 65.7 Å². The van der Waals surface area contributed by atoms with Crippen molar-refractivity contribution in [3.05, 3.63) is 71.1 Å². The Morgan fingerprint density at radius 3 is 2.82 bits per heavy atom. The normalized spacial score (nSPS) is 15.7. The summed E-state index contributed by atoms with van der Waals surface area (Å²) in [4.78, 5) is 22.7. The number of aliphatic imine (C=N–C) groups is 1. The molecule has 5 nitrogen and oxygen atoms in total. The van der Waals surface area contributed by atoms with E-state index in [1.165, 1.54) is 11.3 Å². The largest absolute Gasteiger partial charge is 0.487 e. The Morgan fingerprint density at radius 1 is 1.00 bits per heavy atom. The first-order valence-electron chi connectivity index (χ1n) is 8.92. The monoisotopic (exact) mass is 383 g/mol. The number of nitrogens with one attached hydrogen (secondary N) is 1. The summed E-state index contributed by atoms with van der Waals surface area (Å²) in [6, 6.07) is 19.8. The summed E-state index contributed by atoms with van der Waals surface area (Å²) >= 11 is 1.46. The zero-order chi connectivity index (χ0) is 18.7. The van der Waals surface area contributed by atoms with Gasteiger partial charge in [0.1, 0.15) is 18.1 Å². The molecule has 3 aromatic carbocycles. The maximum Gasteiger partial charge on any atom is 0.275 e. The number of anilines is 1. The molecule has 0 saturated carbocycles. The van der Waals surface area contributed by atoms with Crippen molar-refractivity contribution in [1.82, 2.24) is 4.98 Å². The van der Waals surface area contributed by atoms with Crippen molar-refractivity contribution < 1.29 is 9.53 Å². The molecular formula is C22H13N3O2S. The average molecular weight is 383 g/mol. The van der Waals surface area contributed by atoms with E-state index in [0.717, 1.165) is 43.9 Å². The number of hydrogen-bond acceptors (Lipinski definition) is 5. The average Bonchev–Trinajstić information content (AvgIpc) is 3.28. The first-order valence-corrected chi connectivity index (χ1v) is 9.74. The highest BCUT2D eigenvalue weighted by Gasteiger charge is 2.28. The van der Waals surface area contributed by atoms with Crippen LogP contribution in [0.2, 0.25) is 0 Å². The van der Waals surface area contributed by atoms with Crippen molar-refractivity contribution in [2.75, 3.05) is 5.32 Å². The Labute approximate surface area is 164 Å². The second-order valence-electron chi connectivity index (χ2n) is 6.68. The van der Waals surface area contributed by atoms with E-state index in [1.54, 1.807) is 0 Å². The standard InChI is InChI=1S/C22H13N3O2S/c26-21-19(14-7-3-4-8-16(14)23-21)25-22-24-18-15-10-9-12-5-1-2-6-13(12)20(15)27-11-17(18)28-22/h1-10H,11H2,(H,23,24,25,26). The van der Waals surface area contributed by atoms with E-state index in [0.29, 0.717) is 17.5 Å². The number of carbonyl (C=O) groups excluding carboxylic acids is 1. The maximum absolute atomic E-state index is 12.3. The summed E-state index contributed by atoms with van der Waals surface area (Å²) in [7, 11) is 0. The maximum atomic E-state index is 12.3. The number of rotatable bonds is 1. The van der Waals surface area contributed by atoms with Gasteiger partial charge in [-0.2, -0.15) is 0 Å². The van der Waals surface area contributed by atoms with Crippen molar-refractivity contribution in [1.29, 1.82) is 0 Å². The molecule has 0 fully saturated rings. The van der Waals surface area contributed by atoms with E-state index in [9.17, 15) is 4.79 Å². The minimum absolute atomic E-state index is 0.197. The van der Waals surface area contributed by atoms with Crippen LogP contribution in [-0.4, -0.2) is 16.6 Å². The van der Waals surface area contributed by atoms with Gasteiger partial charge in [0.15, 0.2) is 0 Å². The fourth-order valence-corrected chi connectivity index (χ4v) is 4.59. The third kappa shape index (κ3) is 2.21. The predicted octanol–water partition coefficient (Wildman–Crippen LogP) is 4.93. The SMILES string of the molecule is O=C1Nc2ccccc2/C1=N/c1nc2c(s1)COc1c-2ccc2ccccc12. The van der Waals surface area contributed by atoms with E-state index < -0.39 is 0 Å². The molecular weight excluding hydrogens is 370 g/mol. The summed E-state index contributed by atoms with van der Waals surface area (Å²) in [6.45, 7) is 0.460. The molecule has 0 spiro atoms. The van der Waals surface area contributed by atoms with Gasteiger partial charge in [0.25, 0.3) is 5.91 Å². The van der Waals surface area contributed by atoms with Crippen LogP contribution in [0.25, 0.3) is 22.0 Å². The van der Waals surface area contributed by atoms with Gasteiger partial charge >= 0.3 is 0 Å². The van der Waals surface area contributed by atoms with Crippen molar-refractivity contribution in [2.45, 2.75) is 6.61 Å². The molecule has 4 aromatic rings. The third-order valence-electron chi connectivity index (χ3n) is 5.02. The smallest absolute Gasteiger partial charge is 0.275 e. The minimum Gasteiger partial charge on any atom is -0.487 e. The first-order chi connectivity index (χ1) is 13.8. The Morgan fingerprint density at radius 2 is 1.86 bits per heavy atom. The van der Waals surface area contributed by atoms with Gasteiger partial charge < -0.3 is 10.1 Å². The molecule has 134 valence electrons. The van der Waals surface area contributed by atoms with Crippen molar-refractivity contribution >= 4 is 44.5 Å². The Balaban J connectivity index is 1.48. The molecule has 28 heavy (non-hydrogen) atoms. The fraction of sp³-hybridized carbons (Fsp3) is 0.0455. The number of thiazole rings is 1. The van der Waals surface area contributed by atoms with Gasteiger partial charge in [-0.15, -0.1) is 0 Å². The van der Waals surface area contributed by atoms with Gasteiger partial charge in [-0.3, -0.25) is 4.79 Å². The van der Waals surface area contributed by atoms with Gasteiger partial charge in [-0.05, 0) is 17.5 Å². The molecule has 0 unspecified atom stereocenters. The molecule has 1 amide bonds. The van der Waals surface area contributed by atoms with Crippen LogP contribution in [-0.2, 0) is 11.4 Å². The minimum atomic E-state index is -0.197. The van der Waals surface area contributed by atoms with E-state index in [-0.39, 0.29) is 5.91 Å². The van der Waals surface area contributed by atoms with Crippen LogP contribution in [0.3, 0.4) is 0 Å². The molecule has 3 heterocycles. The van der Waals surface area contributed by atoms with E-state index in [2.05, 4.69) is 28.5 Å². The summed E-state index contributed by atoms with van der Waals surface area (Å²) in [6.07, 6.45) is 0. The number of aromatic nitrogens is 1.